The Hall–Kier alpha value is -4.84. The van der Waals surface area contributed by atoms with Gasteiger partial charge in [-0.15, -0.1) is 13.2 Å². The number of benzene rings is 4. The van der Waals surface area contributed by atoms with E-state index >= 15 is 0 Å². The van der Waals surface area contributed by atoms with Gasteiger partial charge in [-0.2, -0.15) is 0 Å². The normalized spacial score (nSPS) is 11.0. The van der Waals surface area contributed by atoms with Gasteiger partial charge in [-0.25, -0.2) is 4.79 Å². The lowest BCUT2D eigenvalue weighted by molar-refractivity contribution is -0.274. The number of anilines is 1. The van der Waals surface area contributed by atoms with E-state index in [1.54, 1.807) is 24.3 Å². The summed E-state index contributed by atoms with van der Waals surface area (Å²) in [5.41, 5.74) is 2.47. The van der Waals surface area contributed by atoms with Gasteiger partial charge in [0, 0.05) is 22.3 Å². The van der Waals surface area contributed by atoms with Crippen LogP contribution in [0, 0.1) is 0 Å². The second kappa shape index (κ2) is 13.9. The maximum absolute atomic E-state index is 13.5. The molecule has 0 aliphatic rings. The van der Waals surface area contributed by atoms with Gasteiger partial charge in [0.25, 0.3) is 5.91 Å². The van der Waals surface area contributed by atoms with Crippen molar-refractivity contribution in [2.75, 3.05) is 11.4 Å². The van der Waals surface area contributed by atoms with Crippen molar-refractivity contribution in [2.45, 2.75) is 19.3 Å². The lowest BCUT2D eigenvalue weighted by atomic mass is 10.1. The number of nitrogens with one attached hydrogen (secondary N) is 1. The third-order valence-electron chi connectivity index (χ3n) is 5.97. The molecular formula is C31H24BrF3N2O6. The maximum Gasteiger partial charge on any atom is 0.573 e. The van der Waals surface area contributed by atoms with Crippen LogP contribution in [0.3, 0.4) is 0 Å². The Morgan fingerprint density at radius 3 is 2.14 bits per heavy atom. The number of carbonyl (C=O) groups excluding carboxylic acids is 2. The predicted octanol–water partition coefficient (Wildman–Crippen LogP) is 7.42. The molecule has 0 saturated carbocycles. The standard InChI is InChI=1S/C31H24BrF3N2O6/c32-24-11-7-21(8-12-24)22-9-13-26(14-10-22)42-30(41)37(19-20-3-1-6-27(17-20)43-31(33,34)35)25-5-2-4-23(18-25)29(40)36-16-15-28(38)39/h1-14,17-18H,15-16,19H2,(H,36,40)(H,38,39). The Balaban J connectivity index is 1.59. The van der Waals surface area contributed by atoms with E-state index in [2.05, 4.69) is 26.0 Å². The fraction of sp³-hybridized carbons (Fsp3) is 0.129. The minimum atomic E-state index is -4.90. The summed E-state index contributed by atoms with van der Waals surface area (Å²) in [4.78, 5) is 38.0. The molecule has 0 aliphatic carbocycles. The topological polar surface area (TPSA) is 105 Å². The smallest absolute Gasteiger partial charge is 0.481 e. The molecule has 2 N–H and O–H groups in total. The molecule has 4 aromatic rings. The van der Waals surface area contributed by atoms with Gasteiger partial charge < -0.3 is 19.9 Å². The number of ether oxygens (including phenoxy) is 2. The van der Waals surface area contributed by atoms with Gasteiger partial charge in [-0.3, -0.25) is 14.5 Å². The molecule has 0 heterocycles. The highest BCUT2D eigenvalue weighted by Crippen LogP contribution is 2.28. The molecule has 0 aliphatic heterocycles. The van der Waals surface area contributed by atoms with Gasteiger partial charge in [0.2, 0.25) is 0 Å². The molecule has 0 fully saturated rings. The molecular weight excluding hydrogens is 633 g/mol. The predicted molar refractivity (Wildman–Crippen MR) is 156 cm³/mol. The third-order valence-corrected chi connectivity index (χ3v) is 6.50. The van der Waals surface area contributed by atoms with Gasteiger partial charge >= 0.3 is 18.4 Å². The number of rotatable bonds is 10. The summed E-state index contributed by atoms with van der Waals surface area (Å²) in [5.74, 6) is -1.90. The number of halogens is 4. The Kier molecular flexibility index (Phi) is 10.0. The van der Waals surface area contributed by atoms with E-state index in [0.29, 0.717) is 5.56 Å². The van der Waals surface area contributed by atoms with E-state index < -0.39 is 30.1 Å². The monoisotopic (exact) mass is 656 g/mol. The SMILES string of the molecule is O=C(O)CCNC(=O)c1cccc(N(Cc2cccc(OC(F)(F)F)c2)C(=O)Oc2ccc(-c3ccc(Br)cc3)cc2)c1. The molecule has 12 heteroatoms. The first kappa shape index (κ1) is 31.1. The third kappa shape index (κ3) is 9.33. The van der Waals surface area contributed by atoms with Crippen LogP contribution in [0.5, 0.6) is 11.5 Å². The summed E-state index contributed by atoms with van der Waals surface area (Å²) in [6, 6.07) is 25.5. The van der Waals surface area contributed by atoms with Crippen molar-refractivity contribution in [1.82, 2.24) is 5.32 Å². The lowest BCUT2D eigenvalue weighted by Crippen LogP contribution is -2.33. The van der Waals surface area contributed by atoms with Gasteiger partial charge in [-0.05, 0) is 71.3 Å². The first-order valence-electron chi connectivity index (χ1n) is 12.8. The largest absolute Gasteiger partial charge is 0.573 e. The number of carboxylic acids is 1. The molecule has 0 bridgehead atoms. The summed E-state index contributed by atoms with van der Waals surface area (Å²) in [7, 11) is 0. The number of hydrogen-bond donors (Lipinski definition) is 2. The van der Waals surface area contributed by atoms with Crippen molar-refractivity contribution in [1.29, 1.82) is 0 Å². The van der Waals surface area contributed by atoms with Gasteiger partial charge in [-0.1, -0.05) is 58.4 Å². The van der Waals surface area contributed by atoms with Crippen LogP contribution in [-0.4, -0.2) is 36.0 Å². The molecule has 0 saturated heterocycles. The summed E-state index contributed by atoms with van der Waals surface area (Å²) in [6.45, 7) is -0.332. The van der Waals surface area contributed by atoms with E-state index in [0.717, 1.165) is 32.6 Å². The second-order valence-corrected chi connectivity index (χ2v) is 10.0. The molecule has 2 amide bonds. The van der Waals surface area contributed by atoms with Crippen LogP contribution < -0.4 is 19.7 Å². The second-order valence-electron chi connectivity index (χ2n) is 9.13. The lowest BCUT2D eigenvalue weighted by Gasteiger charge is -2.23. The number of aliphatic carboxylic acids is 1. The zero-order chi connectivity index (χ0) is 31.0. The van der Waals surface area contributed by atoms with Crippen LogP contribution >= 0.6 is 15.9 Å². The molecule has 43 heavy (non-hydrogen) atoms. The zero-order valence-corrected chi connectivity index (χ0v) is 23.9. The molecule has 4 rings (SSSR count). The first-order chi connectivity index (χ1) is 20.5. The van der Waals surface area contributed by atoms with E-state index in [1.807, 2.05) is 24.3 Å². The fourth-order valence-corrected chi connectivity index (χ4v) is 4.26. The minimum absolute atomic E-state index is 0.105. The van der Waals surface area contributed by atoms with Gasteiger partial charge in [0.1, 0.15) is 11.5 Å². The van der Waals surface area contributed by atoms with Crippen molar-refractivity contribution in [3.8, 4) is 22.6 Å². The summed E-state index contributed by atoms with van der Waals surface area (Å²) < 4.78 is 49.0. The first-order valence-corrected chi connectivity index (χ1v) is 13.6. The molecule has 0 atom stereocenters. The average Bonchev–Trinajstić information content (AvgIpc) is 2.96. The molecule has 0 spiro atoms. The van der Waals surface area contributed by atoms with Crippen LogP contribution in [0.2, 0.25) is 0 Å². The highest BCUT2D eigenvalue weighted by atomic mass is 79.9. The molecule has 4 aromatic carbocycles. The van der Waals surface area contributed by atoms with E-state index in [-0.39, 0.29) is 36.5 Å². The number of hydrogen-bond acceptors (Lipinski definition) is 5. The van der Waals surface area contributed by atoms with E-state index in [1.165, 1.54) is 36.4 Å². The highest BCUT2D eigenvalue weighted by Gasteiger charge is 2.31. The maximum atomic E-state index is 13.5. The quantitative estimate of drug-likeness (QED) is 0.184. The van der Waals surface area contributed by atoms with Crippen LogP contribution in [0.15, 0.2) is 102 Å². The number of nitrogens with zero attached hydrogens (tertiary/aromatic N) is 1. The zero-order valence-electron chi connectivity index (χ0n) is 22.3. The van der Waals surface area contributed by atoms with E-state index in [4.69, 9.17) is 9.84 Å². The molecule has 0 unspecified atom stereocenters. The Morgan fingerprint density at radius 1 is 0.837 bits per heavy atom. The Bertz CT molecular complexity index is 1590. The number of amides is 2. The van der Waals surface area contributed by atoms with Crippen LogP contribution in [-0.2, 0) is 11.3 Å². The van der Waals surface area contributed by atoms with Gasteiger partial charge in [0.05, 0.1) is 13.0 Å². The molecule has 222 valence electrons. The molecule has 0 aromatic heterocycles. The average molecular weight is 657 g/mol. The summed E-state index contributed by atoms with van der Waals surface area (Å²) >= 11 is 3.40. The fourth-order valence-electron chi connectivity index (χ4n) is 4.00. The van der Waals surface area contributed by atoms with Crippen LogP contribution in [0.25, 0.3) is 11.1 Å². The van der Waals surface area contributed by atoms with Crippen molar-refractivity contribution >= 4 is 39.6 Å². The number of carbonyl (C=O) groups is 3. The van der Waals surface area contributed by atoms with Crippen molar-refractivity contribution in [2.24, 2.45) is 0 Å². The van der Waals surface area contributed by atoms with Crippen LogP contribution in [0.4, 0.5) is 23.7 Å². The highest BCUT2D eigenvalue weighted by molar-refractivity contribution is 9.10. The Labute approximate surface area is 252 Å². The molecule has 0 radical (unpaired) electrons. The van der Waals surface area contributed by atoms with Crippen molar-refractivity contribution in [3.63, 3.8) is 0 Å². The van der Waals surface area contributed by atoms with Gasteiger partial charge in [0.15, 0.2) is 0 Å². The summed E-state index contributed by atoms with van der Waals surface area (Å²) in [6.07, 6.45) is -6.04. The summed E-state index contributed by atoms with van der Waals surface area (Å²) in [5, 5.41) is 11.3. The van der Waals surface area contributed by atoms with Crippen molar-refractivity contribution in [3.05, 3.63) is 113 Å². The Morgan fingerprint density at radius 2 is 1.49 bits per heavy atom. The number of alkyl halides is 3. The van der Waals surface area contributed by atoms with Crippen LogP contribution in [0.1, 0.15) is 22.3 Å². The number of carboxylic acid groups (broad SMARTS) is 1. The molecule has 8 nitrogen and oxygen atoms in total. The minimum Gasteiger partial charge on any atom is -0.481 e. The van der Waals surface area contributed by atoms with Crippen molar-refractivity contribution < 1.29 is 42.1 Å². The van der Waals surface area contributed by atoms with E-state index in [9.17, 15) is 27.6 Å².